The molecule has 23 heavy (non-hydrogen) atoms. The van der Waals surface area contributed by atoms with E-state index >= 15 is 0 Å². The molecule has 0 aliphatic carbocycles. The molecule has 0 unspecified atom stereocenters. The lowest BCUT2D eigenvalue weighted by molar-refractivity contribution is -0.132. The molecule has 1 saturated heterocycles. The Labute approximate surface area is 139 Å². The number of likely N-dealkylation sites (tertiary alicyclic amines) is 1. The van der Waals surface area contributed by atoms with E-state index in [1.165, 1.54) is 6.07 Å². The number of halogens is 1. The maximum Gasteiger partial charge on any atom is 0.239 e. The third-order valence-electron chi connectivity index (χ3n) is 4.86. The van der Waals surface area contributed by atoms with Gasteiger partial charge in [0.2, 0.25) is 5.91 Å². The Morgan fingerprint density at radius 1 is 1.30 bits per heavy atom. The first-order valence-electron chi connectivity index (χ1n) is 8.60. The number of hydrogen-bond donors (Lipinski definition) is 1. The van der Waals surface area contributed by atoms with E-state index in [1.807, 2.05) is 26.0 Å². The van der Waals surface area contributed by atoms with Crippen molar-refractivity contribution in [1.29, 1.82) is 0 Å². The minimum Gasteiger partial charge on any atom is -0.354 e. The number of piperidine rings is 1. The number of carbonyl (C=O) groups is 1. The molecule has 4 heteroatoms. The summed E-state index contributed by atoms with van der Waals surface area (Å²) in [5.41, 5.74) is 0.295. The summed E-state index contributed by atoms with van der Waals surface area (Å²) in [5.74, 6) is 0.666. The largest absolute Gasteiger partial charge is 0.354 e. The number of hydrogen-bond acceptors (Lipinski definition) is 2. The van der Waals surface area contributed by atoms with Gasteiger partial charge in [0.1, 0.15) is 5.82 Å². The summed E-state index contributed by atoms with van der Waals surface area (Å²) in [5, 5.41) is 3.03. The van der Waals surface area contributed by atoms with Crippen molar-refractivity contribution in [2.75, 3.05) is 19.6 Å². The topological polar surface area (TPSA) is 32.3 Å². The van der Waals surface area contributed by atoms with Gasteiger partial charge in [-0.05, 0) is 63.2 Å². The van der Waals surface area contributed by atoms with Gasteiger partial charge < -0.3 is 5.32 Å². The Bertz CT molecular complexity index is 534. The van der Waals surface area contributed by atoms with E-state index in [2.05, 4.69) is 24.1 Å². The van der Waals surface area contributed by atoms with Gasteiger partial charge in [0.15, 0.2) is 0 Å². The van der Waals surface area contributed by atoms with Crippen molar-refractivity contribution in [3.63, 3.8) is 0 Å². The van der Waals surface area contributed by atoms with Crippen LogP contribution in [0.2, 0.25) is 0 Å². The van der Waals surface area contributed by atoms with E-state index in [-0.39, 0.29) is 17.6 Å². The van der Waals surface area contributed by atoms with Gasteiger partial charge in [0.25, 0.3) is 0 Å². The number of nitrogens with zero attached hydrogens (tertiary/aromatic N) is 1. The Kier molecular flexibility index (Phi) is 5.79. The summed E-state index contributed by atoms with van der Waals surface area (Å²) < 4.78 is 13.9. The third-order valence-corrected chi connectivity index (χ3v) is 4.86. The fraction of sp³-hybridized carbons (Fsp3) is 0.632. The zero-order valence-corrected chi connectivity index (χ0v) is 14.7. The van der Waals surface area contributed by atoms with Gasteiger partial charge in [-0.15, -0.1) is 0 Å². The highest BCUT2D eigenvalue weighted by Crippen LogP contribution is 2.32. The number of benzene rings is 1. The first kappa shape index (κ1) is 17.9. The molecule has 1 aromatic rings. The van der Waals surface area contributed by atoms with Crippen LogP contribution in [0.25, 0.3) is 0 Å². The molecule has 0 saturated carbocycles. The minimum absolute atomic E-state index is 0.0792. The summed E-state index contributed by atoms with van der Waals surface area (Å²) in [6, 6.07) is 7.05. The van der Waals surface area contributed by atoms with Crippen LogP contribution in [0.5, 0.6) is 0 Å². The van der Waals surface area contributed by atoms with Crippen molar-refractivity contribution in [3.05, 3.63) is 35.6 Å². The smallest absolute Gasteiger partial charge is 0.239 e. The van der Waals surface area contributed by atoms with E-state index in [4.69, 9.17) is 0 Å². The van der Waals surface area contributed by atoms with Crippen molar-refractivity contribution in [2.45, 2.75) is 52.0 Å². The van der Waals surface area contributed by atoms with E-state index in [0.29, 0.717) is 12.5 Å². The molecule has 1 heterocycles. The molecule has 1 fully saturated rings. The van der Waals surface area contributed by atoms with Crippen LogP contribution in [0.1, 0.15) is 52.0 Å². The normalized spacial score (nSPS) is 17.5. The first-order valence-corrected chi connectivity index (χ1v) is 8.60. The summed E-state index contributed by atoms with van der Waals surface area (Å²) >= 11 is 0. The van der Waals surface area contributed by atoms with Gasteiger partial charge in [-0.3, -0.25) is 9.69 Å². The lowest BCUT2D eigenvalue weighted by Gasteiger charge is -2.42. The summed E-state index contributed by atoms with van der Waals surface area (Å²) in [7, 11) is 0. The molecular formula is C19H29FN2O. The van der Waals surface area contributed by atoms with Crippen molar-refractivity contribution in [1.82, 2.24) is 10.2 Å². The molecule has 0 aromatic heterocycles. The molecule has 1 aliphatic rings. The van der Waals surface area contributed by atoms with Crippen LogP contribution in [0.4, 0.5) is 4.39 Å². The van der Waals surface area contributed by atoms with Crippen molar-refractivity contribution >= 4 is 5.91 Å². The van der Waals surface area contributed by atoms with Crippen LogP contribution >= 0.6 is 0 Å². The van der Waals surface area contributed by atoms with Crippen LogP contribution in [0, 0.1) is 11.7 Å². The number of nitrogens with one attached hydrogen (secondary N) is 1. The number of rotatable bonds is 5. The van der Waals surface area contributed by atoms with Gasteiger partial charge in [0.05, 0.1) is 5.54 Å². The van der Waals surface area contributed by atoms with Gasteiger partial charge >= 0.3 is 0 Å². The average Bonchev–Trinajstić information content (AvgIpc) is 2.53. The Morgan fingerprint density at radius 3 is 2.48 bits per heavy atom. The van der Waals surface area contributed by atoms with Crippen LogP contribution in [0.15, 0.2) is 24.3 Å². The van der Waals surface area contributed by atoms with Crippen molar-refractivity contribution in [3.8, 4) is 0 Å². The fourth-order valence-electron chi connectivity index (χ4n) is 3.21. The Morgan fingerprint density at radius 2 is 1.91 bits per heavy atom. The molecule has 1 aliphatic heterocycles. The highest BCUT2D eigenvalue weighted by atomic mass is 19.1. The fourth-order valence-corrected chi connectivity index (χ4v) is 3.21. The standard InChI is InChI=1S/C19H29FN2O/c1-14(2)13-21-18(23)19(3,4)22-11-9-15(10-12-22)16-7-5-6-8-17(16)20/h5-8,14-15H,9-13H2,1-4H3,(H,21,23). The first-order chi connectivity index (χ1) is 10.8. The molecule has 1 N–H and O–H groups in total. The lowest BCUT2D eigenvalue weighted by Crippen LogP contribution is -2.57. The Hall–Kier alpha value is -1.42. The van der Waals surface area contributed by atoms with Crippen LogP contribution in [0.3, 0.4) is 0 Å². The van der Waals surface area contributed by atoms with Gasteiger partial charge in [-0.2, -0.15) is 0 Å². The predicted octanol–water partition coefficient (Wildman–Crippen LogP) is 3.56. The second-order valence-electron chi connectivity index (χ2n) is 7.45. The quantitative estimate of drug-likeness (QED) is 0.900. The molecule has 0 spiro atoms. The SMILES string of the molecule is CC(C)CNC(=O)C(C)(C)N1CCC(c2ccccc2F)CC1. The monoisotopic (exact) mass is 320 g/mol. The predicted molar refractivity (Wildman–Crippen MR) is 91.9 cm³/mol. The second-order valence-corrected chi connectivity index (χ2v) is 7.45. The van der Waals surface area contributed by atoms with E-state index in [0.717, 1.165) is 31.5 Å². The molecule has 3 nitrogen and oxygen atoms in total. The van der Waals surface area contributed by atoms with Gasteiger partial charge in [-0.1, -0.05) is 32.0 Å². The Balaban J connectivity index is 1.95. The molecule has 128 valence electrons. The van der Waals surface area contributed by atoms with E-state index in [9.17, 15) is 9.18 Å². The maximum atomic E-state index is 13.9. The average molecular weight is 320 g/mol. The minimum atomic E-state index is -0.519. The summed E-state index contributed by atoms with van der Waals surface area (Å²) in [4.78, 5) is 14.7. The molecular weight excluding hydrogens is 291 g/mol. The van der Waals surface area contributed by atoms with Gasteiger partial charge in [-0.25, -0.2) is 4.39 Å². The molecule has 2 rings (SSSR count). The highest BCUT2D eigenvalue weighted by molar-refractivity contribution is 5.85. The number of carbonyl (C=O) groups excluding carboxylic acids is 1. The van der Waals surface area contributed by atoms with E-state index < -0.39 is 5.54 Å². The van der Waals surface area contributed by atoms with Crippen LogP contribution in [-0.4, -0.2) is 36.0 Å². The van der Waals surface area contributed by atoms with Crippen molar-refractivity contribution in [2.24, 2.45) is 5.92 Å². The second kappa shape index (κ2) is 7.43. The molecule has 0 radical (unpaired) electrons. The zero-order chi connectivity index (χ0) is 17.0. The summed E-state index contributed by atoms with van der Waals surface area (Å²) in [6.07, 6.45) is 1.78. The highest BCUT2D eigenvalue weighted by Gasteiger charge is 2.37. The molecule has 0 bridgehead atoms. The molecule has 1 aromatic carbocycles. The van der Waals surface area contributed by atoms with Crippen molar-refractivity contribution < 1.29 is 9.18 Å². The number of amides is 1. The molecule has 0 atom stereocenters. The maximum absolute atomic E-state index is 13.9. The van der Waals surface area contributed by atoms with Gasteiger partial charge in [0, 0.05) is 6.54 Å². The van der Waals surface area contributed by atoms with Crippen LogP contribution < -0.4 is 5.32 Å². The molecule has 1 amide bonds. The van der Waals surface area contributed by atoms with E-state index in [1.54, 1.807) is 6.07 Å². The zero-order valence-electron chi connectivity index (χ0n) is 14.7. The van der Waals surface area contributed by atoms with Crippen LogP contribution in [-0.2, 0) is 4.79 Å². The summed E-state index contributed by atoms with van der Waals surface area (Å²) in [6.45, 7) is 10.5. The lowest BCUT2D eigenvalue weighted by atomic mass is 9.86. The third kappa shape index (κ3) is 4.31.